The van der Waals surface area contributed by atoms with Crippen LogP contribution in [0.15, 0.2) is 17.0 Å². The second-order valence-corrected chi connectivity index (χ2v) is 8.17. The third kappa shape index (κ3) is 5.39. The van der Waals surface area contributed by atoms with Gasteiger partial charge in [-0.25, -0.2) is 13.1 Å². The van der Waals surface area contributed by atoms with Crippen LogP contribution in [0.25, 0.3) is 0 Å². The zero-order valence-electron chi connectivity index (χ0n) is 15.5. The zero-order chi connectivity index (χ0) is 18.5. The molecule has 1 aliphatic rings. The van der Waals surface area contributed by atoms with Gasteiger partial charge < -0.3 is 19.9 Å². The van der Waals surface area contributed by atoms with Crippen LogP contribution in [0.2, 0.25) is 0 Å². The number of rotatable bonds is 7. The molecule has 26 heavy (non-hydrogen) atoms. The third-order valence-corrected chi connectivity index (χ3v) is 6.12. The smallest absolute Gasteiger partial charge is 0.248 e. The van der Waals surface area contributed by atoms with Crippen molar-refractivity contribution >= 4 is 22.4 Å². The molecule has 0 spiro atoms. The zero-order valence-corrected chi connectivity index (χ0v) is 17.2. The highest BCUT2D eigenvalue weighted by atomic mass is 35.5. The molecule has 1 aliphatic carbocycles. The minimum absolute atomic E-state index is 0. The number of ether oxygens (including phenoxy) is 3. The Bertz CT molecular complexity index is 663. The van der Waals surface area contributed by atoms with E-state index in [0.29, 0.717) is 5.75 Å². The first kappa shape index (κ1) is 22.8. The Morgan fingerprint density at radius 2 is 1.50 bits per heavy atom. The molecule has 0 radical (unpaired) electrons. The molecule has 0 heterocycles. The minimum Gasteiger partial charge on any atom is -0.496 e. The van der Waals surface area contributed by atoms with E-state index < -0.39 is 15.6 Å². The summed E-state index contributed by atoms with van der Waals surface area (Å²) in [6, 6.07) is 3.03. The summed E-state index contributed by atoms with van der Waals surface area (Å²) in [4.78, 5) is -0.0458. The fraction of sp³-hybridized carbons (Fsp3) is 0.647. The van der Waals surface area contributed by atoms with Crippen molar-refractivity contribution in [3.63, 3.8) is 0 Å². The molecular formula is C17H29ClN2O5S. The highest BCUT2D eigenvalue weighted by Crippen LogP contribution is 2.37. The first-order valence-corrected chi connectivity index (χ1v) is 9.92. The lowest BCUT2D eigenvalue weighted by Crippen LogP contribution is -2.49. The number of hydrogen-bond donors (Lipinski definition) is 2. The lowest BCUT2D eigenvalue weighted by atomic mass is 9.92. The summed E-state index contributed by atoms with van der Waals surface area (Å²) < 4.78 is 44.1. The average molecular weight is 409 g/mol. The Morgan fingerprint density at radius 3 is 1.92 bits per heavy atom. The Kier molecular flexibility index (Phi) is 8.46. The molecular weight excluding hydrogens is 380 g/mol. The molecule has 150 valence electrons. The maximum atomic E-state index is 12.9. The van der Waals surface area contributed by atoms with Crippen molar-refractivity contribution in [2.24, 2.45) is 5.73 Å². The highest BCUT2D eigenvalue weighted by molar-refractivity contribution is 7.89. The number of hydrogen-bond acceptors (Lipinski definition) is 6. The first-order valence-electron chi connectivity index (χ1n) is 8.44. The van der Waals surface area contributed by atoms with Gasteiger partial charge in [-0.2, -0.15) is 0 Å². The van der Waals surface area contributed by atoms with Gasteiger partial charge in [0.05, 0.1) is 21.3 Å². The van der Waals surface area contributed by atoms with E-state index in [0.717, 1.165) is 38.5 Å². The first-order chi connectivity index (χ1) is 11.8. The van der Waals surface area contributed by atoms with E-state index in [1.54, 1.807) is 0 Å². The van der Waals surface area contributed by atoms with Crippen molar-refractivity contribution in [3.05, 3.63) is 12.1 Å². The summed E-state index contributed by atoms with van der Waals surface area (Å²) >= 11 is 0. The van der Waals surface area contributed by atoms with E-state index in [-0.39, 0.29) is 35.3 Å². The van der Waals surface area contributed by atoms with Crippen molar-refractivity contribution < 1.29 is 22.6 Å². The summed E-state index contributed by atoms with van der Waals surface area (Å²) in [6.45, 7) is 0.188. The second-order valence-electron chi connectivity index (χ2n) is 6.46. The van der Waals surface area contributed by atoms with Crippen LogP contribution in [-0.2, 0) is 10.0 Å². The number of sulfonamides is 1. The maximum absolute atomic E-state index is 12.9. The van der Waals surface area contributed by atoms with Crippen LogP contribution in [0.1, 0.15) is 38.5 Å². The molecule has 0 unspecified atom stereocenters. The van der Waals surface area contributed by atoms with E-state index in [1.807, 2.05) is 0 Å². The number of nitrogens with two attached hydrogens (primary N) is 1. The molecule has 7 nitrogen and oxygen atoms in total. The van der Waals surface area contributed by atoms with Gasteiger partial charge in [0.15, 0.2) is 4.90 Å². The van der Waals surface area contributed by atoms with Crippen LogP contribution >= 0.6 is 12.4 Å². The SMILES string of the molecule is COc1cc(OC)c(S(=O)(=O)NCC2(N)CCCCCC2)c(OC)c1.Cl. The molecule has 0 bridgehead atoms. The van der Waals surface area contributed by atoms with Crippen LogP contribution in [-0.4, -0.2) is 41.8 Å². The quantitative estimate of drug-likeness (QED) is 0.672. The molecule has 0 amide bonds. The lowest BCUT2D eigenvalue weighted by molar-refractivity contribution is 0.355. The van der Waals surface area contributed by atoms with Gasteiger partial charge >= 0.3 is 0 Å². The standard InChI is InChI=1S/C17H28N2O5S.ClH/c1-22-13-10-14(23-2)16(15(11-13)24-3)25(20,21)19-12-17(18)8-6-4-5-7-9-17;/h10-11,19H,4-9,12,18H2,1-3H3;1H. The average Bonchev–Trinajstić information content (AvgIpc) is 2.83. The summed E-state index contributed by atoms with van der Waals surface area (Å²) in [5, 5.41) is 0. The number of methoxy groups -OCH3 is 3. The molecule has 3 N–H and O–H groups in total. The Labute approximate surface area is 162 Å². The topological polar surface area (TPSA) is 99.9 Å². The minimum atomic E-state index is -3.86. The number of nitrogens with one attached hydrogen (secondary N) is 1. The molecule has 1 saturated carbocycles. The fourth-order valence-corrected chi connectivity index (χ4v) is 4.59. The summed E-state index contributed by atoms with van der Waals surface area (Å²) in [7, 11) is 0.447. The van der Waals surface area contributed by atoms with Crippen molar-refractivity contribution in [2.75, 3.05) is 27.9 Å². The van der Waals surface area contributed by atoms with Gasteiger partial charge in [0.1, 0.15) is 17.2 Å². The largest absolute Gasteiger partial charge is 0.496 e. The highest BCUT2D eigenvalue weighted by Gasteiger charge is 2.31. The van der Waals surface area contributed by atoms with Crippen molar-refractivity contribution in [1.82, 2.24) is 4.72 Å². The molecule has 0 atom stereocenters. The monoisotopic (exact) mass is 408 g/mol. The molecule has 2 rings (SSSR count). The molecule has 0 aromatic heterocycles. The van der Waals surface area contributed by atoms with Crippen molar-refractivity contribution in [1.29, 1.82) is 0 Å². The van der Waals surface area contributed by atoms with Gasteiger partial charge in [0.25, 0.3) is 0 Å². The van der Waals surface area contributed by atoms with Crippen molar-refractivity contribution in [3.8, 4) is 17.2 Å². The van der Waals surface area contributed by atoms with Gasteiger partial charge in [-0.1, -0.05) is 25.7 Å². The molecule has 0 saturated heterocycles. The fourth-order valence-electron chi connectivity index (χ4n) is 3.16. The van der Waals surface area contributed by atoms with Crippen LogP contribution in [0.5, 0.6) is 17.2 Å². The predicted molar refractivity (Wildman–Crippen MR) is 103 cm³/mol. The van der Waals surface area contributed by atoms with Crippen LogP contribution in [0, 0.1) is 0 Å². The predicted octanol–water partition coefficient (Wildman–Crippen LogP) is 2.46. The van der Waals surface area contributed by atoms with E-state index in [2.05, 4.69) is 4.72 Å². The number of benzene rings is 1. The van der Waals surface area contributed by atoms with Crippen LogP contribution in [0.3, 0.4) is 0 Å². The van der Waals surface area contributed by atoms with Crippen molar-refractivity contribution in [2.45, 2.75) is 49.0 Å². The van der Waals surface area contributed by atoms with Gasteiger partial charge in [-0.15, -0.1) is 12.4 Å². The van der Waals surface area contributed by atoms with E-state index in [4.69, 9.17) is 19.9 Å². The van der Waals surface area contributed by atoms with Gasteiger partial charge in [-0.05, 0) is 12.8 Å². The summed E-state index contributed by atoms with van der Waals surface area (Å²) in [6.07, 6.45) is 5.96. The van der Waals surface area contributed by atoms with Crippen LogP contribution in [0.4, 0.5) is 0 Å². The summed E-state index contributed by atoms with van der Waals surface area (Å²) in [5.74, 6) is 0.776. The summed E-state index contributed by atoms with van der Waals surface area (Å²) in [5.41, 5.74) is 5.90. The van der Waals surface area contributed by atoms with E-state index in [1.165, 1.54) is 33.5 Å². The van der Waals surface area contributed by atoms with Crippen LogP contribution < -0.4 is 24.7 Å². The van der Waals surface area contributed by atoms with E-state index in [9.17, 15) is 8.42 Å². The Balaban J connectivity index is 0.00000338. The molecule has 0 aliphatic heterocycles. The normalized spacial score (nSPS) is 16.9. The molecule has 1 fully saturated rings. The third-order valence-electron chi connectivity index (χ3n) is 4.65. The van der Waals surface area contributed by atoms with Gasteiger partial charge in [0.2, 0.25) is 10.0 Å². The van der Waals surface area contributed by atoms with Gasteiger partial charge in [-0.3, -0.25) is 0 Å². The van der Waals surface area contributed by atoms with Gasteiger partial charge in [0, 0.05) is 24.2 Å². The van der Waals surface area contributed by atoms with E-state index >= 15 is 0 Å². The Morgan fingerprint density at radius 1 is 1.00 bits per heavy atom. The molecule has 1 aromatic rings. The second kappa shape index (κ2) is 9.64. The molecule has 9 heteroatoms. The lowest BCUT2D eigenvalue weighted by Gasteiger charge is -2.28. The molecule has 1 aromatic carbocycles. The Hall–Kier alpha value is -1.22. The number of halogens is 1. The maximum Gasteiger partial charge on any atom is 0.248 e.